The molecule has 6 unspecified atom stereocenters. The number of imidazole rings is 1. The first-order valence-electron chi connectivity index (χ1n) is 20.3. The van der Waals surface area contributed by atoms with Gasteiger partial charge in [0, 0.05) is 45.2 Å². The Morgan fingerprint density at radius 3 is 2.51 bits per heavy atom. The molecule has 5 saturated carbocycles. The number of fused-ring (bicyclic) bond motifs is 5. The highest BCUT2D eigenvalue weighted by atomic mass is 17.3. The molecule has 4 N–H and O–H groups in total. The Balaban J connectivity index is 0.832. The van der Waals surface area contributed by atoms with Crippen molar-refractivity contribution < 1.29 is 48.5 Å². The maximum atomic E-state index is 14.2. The van der Waals surface area contributed by atoms with E-state index in [-0.39, 0.29) is 6.42 Å². The number of ether oxygens (including phenoxy) is 4. The Labute approximate surface area is 329 Å². The van der Waals surface area contributed by atoms with Gasteiger partial charge < -0.3 is 44.7 Å². The topological polar surface area (TPSA) is 201 Å². The Morgan fingerprint density at radius 2 is 1.79 bits per heavy atom. The van der Waals surface area contributed by atoms with Gasteiger partial charge in [0.25, 0.3) is 0 Å². The van der Waals surface area contributed by atoms with Gasteiger partial charge in [-0.15, -0.1) is 0 Å². The van der Waals surface area contributed by atoms with Crippen LogP contribution in [0.2, 0.25) is 0 Å². The molecule has 3 spiro atoms. The van der Waals surface area contributed by atoms with Crippen LogP contribution < -0.4 is 20.3 Å². The van der Waals surface area contributed by atoms with Crippen molar-refractivity contribution in [1.82, 2.24) is 30.2 Å². The number of benzene rings is 1. The number of rotatable bonds is 10. The van der Waals surface area contributed by atoms with Gasteiger partial charge in [0.2, 0.25) is 17.5 Å². The summed E-state index contributed by atoms with van der Waals surface area (Å²) in [6, 6.07) is 4.99. The van der Waals surface area contributed by atoms with Crippen LogP contribution in [0.3, 0.4) is 0 Å². The van der Waals surface area contributed by atoms with Crippen LogP contribution in [0.4, 0.5) is 10.6 Å². The first-order valence-corrected chi connectivity index (χ1v) is 20.3. The summed E-state index contributed by atoms with van der Waals surface area (Å²) in [5.74, 6) is 1.10. The fourth-order valence-corrected chi connectivity index (χ4v) is 11.8. The zero-order valence-electron chi connectivity index (χ0n) is 32.4. The Bertz CT molecular complexity index is 2010. The maximum Gasteiger partial charge on any atom is 0.408 e. The van der Waals surface area contributed by atoms with Crippen molar-refractivity contribution in [2.45, 2.75) is 112 Å². The minimum absolute atomic E-state index is 0.0989. The highest BCUT2D eigenvalue weighted by Gasteiger charge is 2.77. The van der Waals surface area contributed by atoms with E-state index in [1.807, 2.05) is 26.2 Å². The molecule has 2 aliphatic heterocycles. The van der Waals surface area contributed by atoms with Crippen LogP contribution in [0.1, 0.15) is 69.6 Å². The van der Waals surface area contributed by atoms with Crippen LogP contribution in [0.5, 0.6) is 5.75 Å². The molecule has 5 aliphatic carbocycles. The molecule has 2 amide bonds. The number of nitrogens with one attached hydrogen (secondary N) is 2. The Morgan fingerprint density at radius 1 is 1.04 bits per heavy atom. The molecule has 3 bridgehead atoms. The van der Waals surface area contributed by atoms with Crippen molar-refractivity contribution in [3.05, 3.63) is 42.5 Å². The van der Waals surface area contributed by atoms with Crippen molar-refractivity contribution >= 4 is 29.0 Å². The largest absolute Gasteiger partial charge is 0.497 e. The Hall–Kier alpha value is -4.13. The number of aliphatic hydroxyl groups excluding tert-OH is 2. The fraction of sp³-hybridized carbons (Fsp3) is 0.675. The van der Waals surface area contributed by atoms with Crippen molar-refractivity contribution in [3.8, 4) is 5.75 Å². The third kappa shape index (κ3) is 5.90. The highest BCUT2D eigenvalue weighted by Crippen LogP contribution is 2.79. The molecule has 1 aromatic carbocycles. The van der Waals surface area contributed by atoms with Gasteiger partial charge in [-0.2, -0.15) is 9.78 Å². The van der Waals surface area contributed by atoms with Crippen molar-refractivity contribution in [1.29, 1.82) is 0 Å². The van der Waals surface area contributed by atoms with Crippen molar-refractivity contribution in [2.24, 2.45) is 29.1 Å². The molecule has 306 valence electrons. The van der Waals surface area contributed by atoms with Gasteiger partial charge in [-0.05, 0) is 79.9 Å². The number of aliphatic hydroxyl groups is 2. The Kier molecular flexibility index (Phi) is 8.95. The van der Waals surface area contributed by atoms with Gasteiger partial charge in [0.1, 0.15) is 36.4 Å². The maximum absolute atomic E-state index is 14.2. The minimum Gasteiger partial charge on any atom is -0.497 e. The molecular formula is C40H51N7O10. The highest BCUT2D eigenvalue weighted by molar-refractivity contribution is 5.86. The monoisotopic (exact) mass is 789 g/mol. The molecule has 7 aliphatic rings. The molecule has 10 rings (SSSR count). The summed E-state index contributed by atoms with van der Waals surface area (Å²) in [4.78, 5) is 55.2. The fourth-order valence-electron chi connectivity index (χ4n) is 11.8. The summed E-state index contributed by atoms with van der Waals surface area (Å²) < 4.78 is 25.9. The van der Waals surface area contributed by atoms with E-state index >= 15 is 0 Å². The first kappa shape index (κ1) is 37.2. The quantitative estimate of drug-likeness (QED) is 0.219. The summed E-state index contributed by atoms with van der Waals surface area (Å²) in [5.41, 5.74) is 2.16. The summed E-state index contributed by atoms with van der Waals surface area (Å²) in [6.45, 7) is -0.496. The SMILES string of the molecule is COc1ccc(C[C@H](NC(=O)OC2CCCC3(C2)OOC2(O3)C3CC4CC5CC2CC45C3)C(=O)N[C@H]2[C@@H](O)[C@H](n3cnc4c(N(C)C)ncnc43)O[C@@H]2CO)cc1. The van der Waals surface area contributed by atoms with E-state index in [0.717, 1.165) is 49.5 Å². The molecular weight excluding hydrogens is 738 g/mol. The van der Waals surface area contributed by atoms with E-state index in [2.05, 4.69) is 25.6 Å². The van der Waals surface area contributed by atoms with Crippen LogP contribution in [-0.2, 0) is 35.2 Å². The molecule has 11 atom stereocenters. The molecule has 17 heteroatoms. The van der Waals surface area contributed by atoms with Gasteiger partial charge in [0.15, 0.2) is 23.2 Å². The van der Waals surface area contributed by atoms with E-state index in [1.54, 1.807) is 28.7 Å². The smallest absolute Gasteiger partial charge is 0.408 e. The van der Waals surface area contributed by atoms with Crippen LogP contribution >= 0.6 is 0 Å². The van der Waals surface area contributed by atoms with Crippen LogP contribution in [0, 0.1) is 29.1 Å². The predicted octanol–water partition coefficient (Wildman–Crippen LogP) is 2.74. The van der Waals surface area contributed by atoms with Crippen LogP contribution in [0.15, 0.2) is 36.9 Å². The average molecular weight is 790 g/mol. The summed E-state index contributed by atoms with van der Waals surface area (Å²) in [7, 11) is 5.23. The second-order valence-corrected chi connectivity index (χ2v) is 17.6. The van der Waals surface area contributed by atoms with Gasteiger partial charge in [-0.25, -0.2) is 19.7 Å². The molecule has 0 radical (unpaired) electrons. The second kappa shape index (κ2) is 13.7. The summed E-state index contributed by atoms with van der Waals surface area (Å²) >= 11 is 0. The molecule has 4 heterocycles. The molecule has 3 aromatic rings. The summed E-state index contributed by atoms with van der Waals surface area (Å²) in [6.07, 6.45) is 6.53. The lowest BCUT2D eigenvalue weighted by atomic mass is 9.56. The van der Waals surface area contributed by atoms with Crippen LogP contribution in [0.25, 0.3) is 11.2 Å². The van der Waals surface area contributed by atoms with E-state index in [1.165, 1.54) is 19.1 Å². The van der Waals surface area contributed by atoms with Gasteiger partial charge in [0.05, 0.1) is 26.1 Å². The molecule has 2 aromatic heterocycles. The normalized spacial score (nSPS) is 39.0. The molecule has 7 fully saturated rings. The number of nitrogens with zero attached hydrogens (tertiary/aromatic N) is 5. The van der Waals surface area contributed by atoms with E-state index in [4.69, 9.17) is 28.7 Å². The number of carbonyl (C=O) groups is 2. The van der Waals surface area contributed by atoms with Gasteiger partial charge in [-0.3, -0.25) is 9.36 Å². The lowest BCUT2D eigenvalue weighted by Gasteiger charge is -2.49. The lowest BCUT2D eigenvalue weighted by molar-refractivity contribution is -0.376. The number of amides is 2. The van der Waals surface area contributed by atoms with E-state index in [9.17, 15) is 19.8 Å². The third-order valence-corrected chi connectivity index (χ3v) is 14.4. The zero-order valence-corrected chi connectivity index (χ0v) is 32.4. The lowest BCUT2D eigenvalue weighted by Crippen LogP contribution is -2.56. The number of carbonyl (C=O) groups excluding carboxylic acids is 2. The summed E-state index contributed by atoms with van der Waals surface area (Å²) in [5, 5.41) is 27.6. The number of hydrogen-bond donors (Lipinski definition) is 4. The van der Waals surface area contributed by atoms with E-state index < -0.39 is 66.8 Å². The second-order valence-electron chi connectivity index (χ2n) is 17.6. The zero-order chi connectivity index (χ0) is 39.3. The first-order chi connectivity index (χ1) is 27.5. The van der Waals surface area contributed by atoms with Crippen molar-refractivity contribution in [3.63, 3.8) is 0 Å². The number of methoxy groups -OCH3 is 1. The predicted molar refractivity (Wildman–Crippen MR) is 199 cm³/mol. The van der Waals surface area contributed by atoms with Gasteiger partial charge in [-0.1, -0.05) is 12.1 Å². The van der Waals surface area contributed by atoms with Crippen LogP contribution in [-0.4, -0.2) is 112 Å². The minimum atomic E-state index is -1.31. The third-order valence-electron chi connectivity index (χ3n) is 14.4. The molecule has 17 nitrogen and oxygen atoms in total. The average Bonchev–Trinajstić information content (AvgIpc) is 3.98. The molecule has 57 heavy (non-hydrogen) atoms. The molecule has 2 saturated heterocycles. The number of alkyl carbamates (subject to hydrolysis) is 1. The van der Waals surface area contributed by atoms with Gasteiger partial charge >= 0.3 is 6.09 Å². The van der Waals surface area contributed by atoms with E-state index in [0.29, 0.717) is 59.2 Å². The number of hydrogen-bond acceptors (Lipinski definition) is 14. The van der Waals surface area contributed by atoms with Crippen molar-refractivity contribution in [2.75, 3.05) is 32.7 Å². The number of anilines is 1. The number of aromatic nitrogens is 4. The standard InChI is InChI=1S/C40H51N7O10/c1-46(2)33-31-34(42-19-41-33)47(20-43-31)36-32(49)30(29(18-48)54-36)45-35(50)28(11-21-6-8-26(52-3)9-7-21)44-37(51)53-27-5-4-10-39(17-27)55-40(57-56-39)24-13-22-12-23-14-25(40)16-38(22,23)15-24/h6-9,19-20,22-25,27-30,32,36,48-49H,4-5,10-18H2,1-3H3,(H,44,51)(H,45,50)/t22?,23?,24?,25?,27?,28-,29+,30+,32+,36+,38?,39?,40?/m0/s1.